The quantitative estimate of drug-likeness (QED) is 0.767. The minimum absolute atomic E-state index is 0.0690. The molecule has 3 heteroatoms. The zero-order chi connectivity index (χ0) is 15.7. The van der Waals surface area contributed by atoms with Gasteiger partial charge in [-0.15, -0.1) is 0 Å². The monoisotopic (exact) mass is 292 g/mol. The van der Waals surface area contributed by atoms with Gasteiger partial charge in [0.05, 0.1) is 0 Å². The van der Waals surface area contributed by atoms with E-state index in [1.165, 1.54) is 5.56 Å². The number of hydrogen-bond acceptors (Lipinski definition) is 1. The molecule has 0 aliphatic carbocycles. The van der Waals surface area contributed by atoms with Gasteiger partial charge in [-0.1, -0.05) is 37.3 Å². The topological polar surface area (TPSA) is 34.0 Å². The Labute approximate surface area is 130 Å². The molecule has 3 aromatic rings. The minimum atomic E-state index is -0.0690. The Balaban J connectivity index is 1.95. The zero-order valence-electron chi connectivity index (χ0n) is 13.2. The second kappa shape index (κ2) is 5.68. The number of aryl methyl sites for hydroxylation is 3. The molecule has 0 aliphatic rings. The fourth-order valence-electron chi connectivity index (χ4n) is 2.92. The Kier molecular flexibility index (Phi) is 3.72. The number of rotatable bonds is 3. The number of anilines is 1. The van der Waals surface area contributed by atoms with E-state index in [2.05, 4.69) is 18.3 Å². The van der Waals surface area contributed by atoms with Crippen molar-refractivity contribution in [2.24, 2.45) is 7.05 Å². The Morgan fingerprint density at radius 2 is 1.77 bits per heavy atom. The molecule has 0 aliphatic heterocycles. The van der Waals surface area contributed by atoms with Crippen LogP contribution >= 0.6 is 0 Å². The molecule has 1 N–H and O–H groups in total. The third-order valence-electron chi connectivity index (χ3n) is 4.20. The Hall–Kier alpha value is -2.55. The number of hydrogen-bond donors (Lipinski definition) is 1. The first-order valence-corrected chi connectivity index (χ1v) is 7.56. The molecule has 0 bridgehead atoms. The van der Waals surface area contributed by atoms with Crippen molar-refractivity contribution in [1.82, 2.24) is 4.57 Å². The molecule has 0 unspecified atom stereocenters. The second-order valence-electron chi connectivity index (χ2n) is 5.55. The van der Waals surface area contributed by atoms with Crippen LogP contribution in [0.2, 0.25) is 0 Å². The van der Waals surface area contributed by atoms with E-state index in [1.54, 1.807) is 0 Å². The van der Waals surface area contributed by atoms with Crippen LogP contribution in [0.5, 0.6) is 0 Å². The highest BCUT2D eigenvalue weighted by Gasteiger charge is 2.17. The molecule has 22 heavy (non-hydrogen) atoms. The zero-order valence-corrected chi connectivity index (χ0v) is 13.2. The molecule has 3 rings (SSSR count). The first-order chi connectivity index (χ1) is 10.6. The van der Waals surface area contributed by atoms with E-state index in [4.69, 9.17) is 0 Å². The molecule has 3 nitrogen and oxygen atoms in total. The van der Waals surface area contributed by atoms with Crippen molar-refractivity contribution >= 4 is 22.5 Å². The van der Waals surface area contributed by atoms with Crippen LogP contribution in [-0.2, 0) is 13.5 Å². The highest BCUT2D eigenvalue weighted by molar-refractivity contribution is 6.08. The average molecular weight is 292 g/mol. The normalized spacial score (nSPS) is 10.9. The van der Waals surface area contributed by atoms with Gasteiger partial charge in [-0.25, -0.2) is 0 Å². The molecule has 1 amide bonds. The van der Waals surface area contributed by atoms with Gasteiger partial charge >= 0.3 is 0 Å². The fourth-order valence-corrected chi connectivity index (χ4v) is 2.92. The van der Waals surface area contributed by atoms with Crippen LogP contribution < -0.4 is 5.32 Å². The van der Waals surface area contributed by atoms with Crippen molar-refractivity contribution in [3.8, 4) is 0 Å². The molecule has 1 aromatic heterocycles. The number of nitrogens with zero attached hydrogens (tertiary/aromatic N) is 1. The summed E-state index contributed by atoms with van der Waals surface area (Å²) >= 11 is 0. The van der Waals surface area contributed by atoms with E-state index in [0.29, 0.717) is 5.69 Å². The van der Waals surface area contributed by atoms with E-state index in [0.717, 1.165) is 28.6 Å². The third-order valence-corrected chi connectivity index (χ3v) is 4.20. The summed E-state index contributed by atoms with van der Waals surface area (Å²) < 4.78 is 1.96. The maximum absolute atomic E-state index is 12.6. The summed E-state index contributed by atoms with van der Waals surface area (Å²) in [4.78, 5) is 12.6. The van der Waals surface area contributed by atoms with Crippen molar-refractivity contribution in [3.63, 3.8) is 0 Å². The summed E-state index contributed by atoms with van der Waals surface area (Å²) in [6.07, 6.45) is 0.997. The largest absolute Gasteiger partial charge is 0.339 e. The first-order valence-electron chi connectivity index (χ1n) is 7.56. The fraction of sp³-hybridized carbons (Fsp3) is 0.211. The Bertz CT molecular complexity index is 790. The molecular formula is C19H20N2O. The van der Waals surface area contributed by atoms with Gasteiger partial charge in [0.15, 0.2) is 0 Å². The molecular weight excluding hydrogens is 272 g/mol. The van der Waals surface area contributed by atoms with Gasteiger partial charge in [-0.2, -0.15) is 0 Å². The Morgan fingerprint density at radius 3 is 2.41 bits per heavy atom. The number of fused-ring (bicyclic) bond motifs is 1. The number of para-hydroxylation sites is 1. The predicted molar refractivity (Wildman–Crippen MR) is 91.4 cm³/mol. The van der Waals surface area contributed by atoms with E-state index in [1.807, 2.05) is 61.0 Å². The number of nitrogens with one attached hydrogen (secondary N) is 1. The standard InChI is InChI=1S/C19H20N2O/c1-4-14-9-11-15(12-10-14)20-19(22)18-13(2)16-7-5-6-8-17(16)21(18)3/h5-12H,4H2,1-3H3,(H,20,22). The van der Waals surface area contributed by atoms with Gasteiger partial charge in [-0.3, -0.25) is 4.79 Å². The summed E-state index contributed by atoms with van der Waals surface area (Å²) in [6.45, 7) is 4.11. The van der Waals surface area contributed by atoms with Gasteiger partial charge in [0, 0.05) is 23.6 Å². The van der Waals surface area contributed by atoms with Crippen molar-refractivity contribution in [2.45, 2.75) is 20.3 Å². The Morgan fingerprint density at radius 1 is 1.09 bits per heavy atom. The van der Waals surface area contributed by atoms with Crippen molar-refractivity contribution < 1.29 is 4.79 Å². The molecule has 0 fully saturated rings. The summed E-state index contributed by atoms with van der Waals surface area (Å²) in [5, 5.41) is 4.11. The van der Waals surface area contributed by atoms with E-state index < -0.39 is 0 Å². The number of aromatic nitrogens is 1. The summed E-state index contributed by atoms with van der Waals surface area (Å²) in [5.41, 5.74) is 4.89. The summed E-state index contributed by atoms with van der Waals surface area (Å²) in [7, 11) is 1.93. The van der Waals surface area contributed by atoms with Crippen LogP contribution in [0, 0.1) is 6.92 Å². The van der Waals surface area contributed by atoms with E-state index in [-0.39, 0.29) is 5.91 Å². The molecule has 0 atom stereocenters. The lowest BCUT2D eigenvalue weighted by Crippen LogP contribution is -2.16. The lowest BCUT2D eigenvalue weighted by molar-refractivity contribution is 0.101. The summed E-state index contributed by atoms with van der Waals surface area (Å²) in [6, 6.07) is 16.1. The van der Waals surface area contributed by atoms with Gasteiger partial charge < -0.3 is 9.88 Å². The number of carbonyl (C=O) groups is 1. The highest BCUT2D eigenvalue weighted by Crippen LogP contribution is 2.25. The molecule has 0 radical (unpaired) electrons. The second-order valence-corrected chi connectivity index (χ2v) is 5.55. The van der Waals surface area contributed by atoms with Gasteiger partial charge in [-0.05, 0) is 42.7 Å². The van der Waals surface area contributed by atoms with Crippen LogP contribution in [0.4, 0.5) is 5.69 Å². The van der Waals surface area contributed by atoms with Gasteiger partial charge in [0.25, 0.3) is 5.91 Å². The lowest BCUT2D eigenvalue weighted by Gasteiger charge is -2.08. The third kappa shape index (κ3) is 2.39. The lowest BCUT2D eigenvalue weighted by atomic mass is 10.1. The van der Waals surface area contributed by atoms with E-state index in [9.17, 15) is 4.79 Å². The van der Waals surface area contributed by atoms with E-state index >= 15 is 0 Å². The first kappa shape index (κ1) is 14.4. The van der Waals surface area contributed by atoms with Crippen molar-refractivity contribution in [1.29, 1.82) is 0 Å². The summed E-state index contributed by atoms with van der Waals surface area (Å²) in [5.74, 6) is -0.0690. The van der Waals surface area contributed by atoms with Crippen LogP contribution in [-0.4, -0.2) is 10.5 Å². The smallest absolute Gasteiger partial charge is 0.272 e. The highest BCUT2D eigenvalue weighted by atomic mass is 16.1. The molecule has 0 spiro atoms. The van der Waals surface area contributed by atoms with Gasteiger partial charge in [0.2, 0.25) is 0 Å². The minimum Gasteiger partial charge on any atom is -0.339 e. The molecule has 112 valence electrons. The number of benzene rings is 2. The van der Waals surface area contributed by atoms with Crippen LogP contribution in [0.25, 0.3) is 10.9 Å². The maximum atomic E-state index is 12.6. The number of carbonyl (C=O) groups excluding carboxylic acids is 1. The van der Waals surface area contributed by atoms with Gasteiger partial charge in [0.1, 0.15) is 5.69 Å². The molecule has 1 heterocycles. The van der Waals surface area contributed by atoms with Crippen LogP contribution in [0.3, 0.4) is 0 Å². The SMILES string of the molecule is CCc1ccc(NC(=O)c2c(C)c3ccccc3n2C)cc1. The molecule has 2 aromatic carbocycles. The van der Waals surface area contributed by atoms with Crippen LogP contribution in [0.1, 0.15) is 28.5 Å². The van der Waals surface area contributed by atoms with Crippen molar-refractivity contribution in [3.05, 3.63) is 65.4 Å². The predicted octanol–water partition coefficient (Wildman–Crippen LogP) is 4.30. The molecule has 0 saturated carbocycles. The molecule has 0 saturated heterocycles. The average Bonchev–Trinajstić information content (AvgIpc) is 2.80. The maximum Gasteiger partial charge on any atom is 0.272 e. The number of amides is 1. The van der Waals surface area contributed by atoms with Crippen LogP contribution in [0.15, 0.2) is 48.5 Å². The van der Waals surface area contributed by atoms with Crippen molar-refractivity contribution in [2.75, 3.05) is 5.32 Å².